The van der Waals surface area contributed by atoms with E-state index in [-0.39, 0.29) is 31.8 Å². The Bertz CT molecular complexity index is 581. The Labute approximate surface area is 135 Å². The first kappa shape index (κ1) is 19.5. The summed E-state index contributed by atoms with van der Waals surface area (Å²) in [5, 5.41) is 9.56. The van der Waals surface area contributed by atoms with E-state index in [1.165, 1.54) is 6.92 Å². The predicted molar refractivity (Wildman–Crippen MR) is 86.3 cm³/mol. The molecule has 8 heteroatoms. The average Bonchev–Trinajstić information content (AvgIpc) is 2.53. The zero-order valence-corrected chi connectivity index (χ0v) is 14.5. The summed E-state index contributed by atoms with van der Waals surface area (Å²) >= 11 is 0. The normalized spacial score (nSPS) is 14.2. The summed E-state index contributed by atoms with van der Waals surface area (Å²) in [6.45, 7) is 4.42. The third-order valence-electron chi connectivity index (χ3n) is 3.50. The third kappa shape index (κ3) is 4.47. The summed E-state index contributed by atoms with van der Waals surface area (Å²) < 4.78 is 23.1. The standard InChI is InChI=1S/C15H22NO6P/c1-4-21-23(20,22-5-2)15(3,16(18)19)12-11-14(17)13-9-7-6-8-10-13/h6-10H,4-5,11-12H2,1-3H3. The van der Waals surface area contributed by atoms with Crippen LogP contribution in [0.1, 0.15) is 44.0 Å². The van der Waals surface area contributed by atoms with Gasteiger partial charge in [-0.05, 0) is 13.8 Å². The zero-order chi connectivity index (χ0) is 17.5. The molecule has 7 nitrogen and oxygen atoms in total. The maximum atomic E-state index is 12.8. The monoisotopic (exact) mass is 343 g/mol. The van der Waals surface area contributed by atoms with Crippen LogP contribution in [0.2, 0.25) is 0 Å². The second-order valence-corrected chi connectivity index (χ2v) is 7.57. The molecule has 23 heavy (non-hydrogen) atoms. The number of hydrogen-bond acceptors (Lipinski definition) is 6. The molecule has 1 atom stereocenters. The van der Waals surface area contributed by atoms with Crippen molar-refractivity contribution in [3.8, 4) is 0 Å². The van der Waals surface area contributed by atoms with Crippen LogP contribution in [0.3, 0.4) is 0 Å². The molecule has 0 aliphatic heterocycles. The molecule has 1 aromatic rings. The highest BCUT2D eigenvalue weighted by Gasteiger charge is 2.58. The highest BCUT2D eigenvalue weighted by molar-refractivity contribution is 7.55. The predicted octanol–water partition coefficient (Wildman–Crippen LogP) is 3.91. The zero-order valence-electron chi connectivity index (χ0n) is 13.6. The Balaban J connectivity index is 2.99. The fourth-order valence-corrected chi connectivity index (χ4v) is 4.00. The van der Waals surface area contributed by atoms with Crippen LogP contribution < -0.4 is 0 Å². The molecule has 0 aromatic heterocycles. The fourth-order valence-electron chi connectivity index (χ4n) is 2.10. The van der Waals surface area contributed by atoms with Gasteiger partial charge in [-0.1, -0.05) is 30.3 Å². The number of hydrogen-bond donors (Lipinski definition) is 0. The third-order valence-corrected chi connectivity index (χ3v) is 6.27. The van der Waals surface area contributed by atoms with Crippen LogP contribution in [0, 0.1) is 10.1 Å². The Morgan fingerprint density at radius 2 is 1.74 bits per heavy atom. The molecule has 0 saturated heterocycles. The van der Waals surface area contributed by atoms with Crippen LogP contribution in [0.5, 0.6) is 0 Å². The molecule has 0 saturated carbocycles. The van der Waals surface area contributed by atoms with Crippen molar-refractivity contribution in [1.29, 1.82) is 0 Å². The molecule has 0 heterocycles. The maximum absolute atomic E-state index is 12.8. The van der Waals surface area contributed by atoms with E-state index in [4.69, 9.17) is 9.05 Å². The van der Waals surface area contributed by atoms with Crippen LogP contribution in [0.15, 0.2) is 30.3 Å². The van der Waals surface area contributed by atoms with Gasteiger partial charge in [-0.3, -0.25) is 19.5 Å². The van der Waals surface area contributed by atoms with Gasteiger partial charge < -0.3 is 9.05 Å². The first-order valence-corrected chi connectivity index (χ1v) is 8.97. The van der Waals surface area contributed by atoms with E-state index in [2.05, 4.69) is 0 Å². The Hall–Kier alpha value is -1.56. The summed E-state index contributed by atoms with van der Waals surface area (Å²) in [6, 6.07) is 8.47. The molecule has 0 fully saturated rings. The largest absolute Gasteiger partial charge is 0.406 e. The van der Waals surface area contributed by atoms with Crippen LogP contribution >= 0.6 is 7.60 Å². The SMILES string of the molecule is CCOP(=O)(OCC)C(C)(CCC(=O)c1ccccc1)[N+](=O)[O-]. The molecular formula is C15H22NO6P. The lowest BCUT2D eigenvalue weighted by Gasteiger charge is -2.28. The lowest BCUT2D eigenvalue weighted by atomic mass is 10.0. The smallest absolute Gasteiger partial charge is 0.304 e. The van der Waals surface area contributed by atoms with Crippen molar-refractivity contribution in [3.05, 3.63) is 46.0 Å². The summed E-state index contributed by atoms with van der Waals surface area (Å²) in [6.07, 6.45) is -0.351. The average molecular weight is 343 g/mol. The van der Waals surface area contributed by atoms with Crippen molar-refractivity contribution in [2.24, 2.45) is 0 Å². The van der Waals surface area contributed by atoms with Crippen molar-refractivity contribution < 1.29 is 23.3 Å². The lowest BCUT2D eigenvalue weighted by Crippen LogP contribution is -2.37. The molecule has 1 unspecified atom stereocenters. The summed E-state index contributed by atoms with van der Waals surface area (Å²) in [5.41, 5.74) is 0.459. The van der Waals surface area contributed by atoms with Crippen LogP contribution in [0.4, 0.5) is 0 Å². The first-order chi connectivity index (χ1) is 10.8. The summed E-state index contributed by atoms with van der Waals surface area (Å²) in [4.78, 5) is 23.0. The molecule has 1 rings (SSSR count). The number of nitrogens with zero attached hydrogens (tertiary/aromatic N) is 1. The minimum Gasteiger partial charge on any atom is -0.304 e. The van der Waals surface area contributed by atoms with Crippen LogP contribution in [0.25, 0.3) is 0 Å². The van der Waals surface area contributed by atoms with E-state index in [1.807, 2.05) is 0 Å². The Morgan fingerprint density at radius 3 is 2.17 bits per heavy atom. The fraction of sp³-hybridized carbons (Fsp3) is 0.533. The highest BCUT2D eigenvalue weighted by Crippen LogP contribution is 2.61. The second kappa shape index (κ2) is 8.34. The molecule has 0 aliphatic carbocycles. The van der Waals surface area contributed by atoms with E-state index in [0.29, 0.717) is 5.56 Å². The number of carbonyl (C=O) groups excluding carboxylic acids is 1. The van der Waals surface area contributed by atoms with Gasteiger partial charge in [-0.2, -0.15) is 0 Å². The summed E-state index contributed by atoms with van der Waals surface area (Å²) in [7, 11) is -4.00. The van der Waals surface area contributed by atoms with Crippen molar-refractivity contribution in [2.45, 2.75) is 38.9 Å². The molecule has 1 aromatic carbocycles. The van der Waals surface area contributed by atoms with Gasteiger partial charge in [0.2, 0.25) is 0 Å². The van der Waals surface area contributed by atoms with Crippen molar-refractivity contribution >= 4 is 13.4 Å². The number of ketones is 1. The number of Topliss-reactive ketones (excluding diaryl/α,β-unsaturated/α-hetero) is 1. The minimum atomic E-state index is -4.00. The Kier molecular flexibility index (Phi) is 7.06. The molecule has 0 N–H and O–H groups in total. The number of benzene rings is 1. The van der Waals surface area contributed by atoms with E-state index in [0.717, 1.165) is 0 Å². The quantitative estimate of drug-likeness (QED) is 0.277. The molecule has 0 bridgehead atoms. The topological polar surface area (TPSA) is 95.7 Å². The number of nitro groups is 1. The van der Waals surface area contributed by atoms with Gasteiger partial charge in [-0.25, -0.2) is 0 Å². The highest BCUT2D eigenvalue weighted by atomic mass is 31.2. The van der Waals surface area contributed by atoms with Crippen molar-refractivity contribution in [2.75, 3.05) is 13.2 Å². The lowest BCUT2D eigenvalue weighted by molar-refractivity contribution is -0.541. The van der Waals surface area contributed by atoms with Gasteiger partial charge in [0, 0.05) is 30.3 Å². The van der Waals surface area contributed by atoms with E-state index in [1.54, 1.807) is 44.2 Å². The van der Waals surface area contributed by atoms with E-state index in [9.17, 15) is 19.5 Å². The molecule has 0 amide bonds. The van der Waals surface area contributed by atoms with Gasteiger partial charge in [0.15, 0.2) is 5.78 Å². The van der Waals surface area contributed by atoms with Crippen molar-refractivity contribution in [3.63, 3.8) is 0 Å². The van der Waals surface area contributed by atoms with Gasteiger partial charge in [0.25, 0.3) is 0 Å². The second-order valence-electron chi connectivity index (χ2n) is 5.10. The molecule has 0 spiro atoms. The van der Waals surface area contributed by atoms with Crippen LogP contribution in [-0.2, 0) is 13.6 Å². The van der Waals surface area contributed by atoms with Gasteiger partial charge in [-0.15, -0.1) is 0 Å². The van der Waals surface area contributed by atoms with Gasteiger partial charge in [0.05, 0.1) is 13.2 Å². The van der Waals surface area contributed by atoms with E-state index < -0.39 is 17.8 Å². The van der Waals surface area contributed by atoms with E-state index >= 15 is 0 Å². The molecule has 0 radical (unpaired) electrons. The van der Waals surface area contributed by atoms with Crippen molar-refractivity contribution in [1.82, 2.24) is 0 Å². The van der Waals surface area contributed by atoms with Gasteiger partial charge in [0.1, 0.15) is 0 Å². The summed E-state index contributed by atoms with van der Waals surface area (Å²) in [5.74, 6) is -0.252. The van der Waals surface area contributed by atoms with Gasteiger partial charge >= 0.3 is 12.9 Å². The maximum Gasteiger partial charge on any atom is 0.406 e. The molecular weight excluding hydrogens is 321 g/mol. The number of carbonyl (C=O) groups is 1. The molecule has 0 aliphatic rings. The molecule has 128 valence electrons. The Morgan fingerprint density at radius 1 is 1.22 bits per heavy atom. The van der Waals surface area contributed by atoms with Crippen LogP contribution in [-0.4, -0.2) is 29.2 Å². The first-order valence-electron chi connectivity index (χ1n) is 7.42. The number of rotatable bonds is 10. The minimum absolute atomic E-state index is 0.0212.